The molecule has 0 radical (unpaired) electrons. The highest BCUT2D eigenvalue weighted by Gasteiger charge is 2.13. The van der Waals surface area contributed by atoms with Crippen LogP contribution in [0.15, 0.2) is 35.3 Å². The van der Waals surface area contributed by atoms with E-state index in [9.17, 15) is 0 Å². The number of aryl methyl sites for hydroxylation is 2. The SMILES string of the molecule is COc1cc(OC)c(CN=C(N)Nc2cc(C)cc(C)c2)c(OC)c1. The van der Waals surface area contributed by atoms with Gasteiger partial charge in [0.1, 0.15) is 17.2 Å². The molecule has 0 unspecified atom stereocenters. The van der Waals surface area contributed by atoms with Gasteiger partial charge in [-0.1, -0.05) is 6.07 Å². The van der Waals surface area contributed by atoms with Crippen molar-refractivity contribution in [2.24, 2.45) is 10.7 Å². The number of ether oxygens (including phenoxy) is 3. The summed E-state index contributed by atoms with van der Waals surface area (Å²) in [7, 11) is 4.79. The third-order valence-corrected chi connectivity index (χ3v) is 3.72. The quantitative estimate of drug-likeness (QED) is 0.622. The van der Waals surface area contributed by atoms with Crippen LogP contribution >= 0.6 is 0 Å². The maximum Gasteiger partial charge on any atom is 0.193 e. The lowest BCUT2D eigenvalue weighted by molar-refractivity contribution is 0.369. The highest BCUT2D eigenvalue weighted by atomic mass is 16.5. The minimum absolute atomic E-state index is 0.319. The Morgan fingerprint density at radius 2 is 1.48 bits per heavy atom. The predicted molar refractivity (Wildman–Crippen MR) is 101 cm³/mol. The molecule has 0 bridgehead atoms. The normalized spacial score (nSPS) is 11.2. The van der Waals surface area contributed by atoms with E-state index in [4.69, 9.17) is 19.9 Å². The number of nitrogens with one attached hydrogen (secondary N) is 1. The standard InChI is InChI=1S/C19H25N3O3/c1-12-6-13(2)8-14(7-12)22-19(20)21-11-16-17(24-4)9-15(23-3)10-18(16)25-5/h6-10H,11H2,1-5H3,(H3,20,21,22). The van der Waals surface area contributed by atoms with E-state index in [0.717, 1.165) is 22.4 Å². The first-order chi connectivity index (χ1) is 12.0. The van der Waals surface area contributed by atoms with Crippen LogP contribution in [0, 0.1) is 13.8 Å². The Morgan fingerprint density at radius 1 is 0.920 bits per heavy atom. The predicted octanol–water partition coefficient (Wildman–Crippen LogP) is 3.26. The van der Waals surface area contributed by atoms with Crippen molar-refractivity contribution in [2.45, 2.75) is 20.4 Å². The minimum Gasteiger partial charge on any atom is -0.496 e. The Morgan fingerprint density at radius 3 is 1.96 bits per heavy atom. The fourth-order valence-corrected chi connectivity index (χ4v) is 2.63. The Kier molecular flexibility index (Phi) is 6.11. The fraction of sp³-hybridized carbons (Fsp3) is 0.316. The molecule has 0 amide bonds. The fourth-order valence-electron chi connectivity index (χ4n) is 2.63. The summed E-state index contributed by atoms with van der Waals surface area (Å²) in [5.41, 5.74) is 10.1. The molecule has 134 valence electrons. The molecule has 0 saturated heterocycles. The van der Waals surface area contributed by atoms with Gasteiger partial charge in [-0.15, -0.1) is 0 Å². The van der Waals surface area contributed by atoms with Gasteiger partial charge in [0.25, 0.3) is 0 Å². The largest absolute Gasteiger partial charge is 0.496 e. The lowest BCUT2D eigenvalue weighted by Gasteiger charge is -2.14. The van der Waals surface area contributed by atoms with Crippen LogP contribution in [-0.4, -0.2) is 27.3 Å². The van der Waals surface area contributed by atoms with Crippen molar-refractivity contribution in [1.82, 2.24) is 0 Å². The molecule has 0 fully saturated rings. The molecule has 0 heterocycles. The maximum absolute atomic E-state index is 6.03. The molecule has 0 saturated carbocycles. The average molecular weight is 343 g/mol. The van der Waals surface area contributed by atoms with Crippen LogP contribution in [0.1, 0.15) is 16.7 Å². The first-order valence-corrected chi connectivity index (χ1v) is 7.91. The van der Waals surface area contributed by atoms with Crippen molar-refractivity contribution in [2.75, 3.05) is 26.6 Å². The minimum atomic E-state index is 0.319. The van der Waals surface area contributed by atoms with Gasteiger partial charge < -0.3 is 25.3 Å². The smallest absolute Gasteiger partial charge is 0.193 e. The second kappa shape index (κ2) is 8.28. The first-order valence-electron chi connectivity index (χ1n) is 7.91. The molecule has 0 spiro atoms. The Labute approximate surface area is 148 Å². The molecule has 0 aliphatic carbocycles. The van der Waals surface area contributed by atoms with E-state index in [1.165, 1.54) is 0 Å². The molecule has 2 aromatic carbocycles. The summed E-state index contributed by atoms with van der Waals surface area (Å²) in [5.74, 6) is 2.26. The number of nitrogens with two attached hydrogens (primary N) is 1. The van der Waals surface area contributed by atoms with E-state index >= 15 is 0 Å². The van der Waals surface area contributed by atoms with Crippen LogP contribution in [0.2, 0.25) is 0 Å². The van der Waals surface area contributed by atoms with Crippen molar-refractivity contribution in [3.05, 3.63) is 47.0 Å². The highest BCUT2D eigenvalue weighted by Crippen LogP contribution is 2.34. The van der Waals surface area contributed by atoms with E-state index in [0.29, 0.717) is 29.8 Å². The van der Waals surface area contributed by atoms with Gasteiger partial charge in [-0.25, -0.2) is 4.99 Å². The van der Waals surface area contributed by atoms with E-state index in [1.54, 1.807) is 33.5 Å². The number of methoxy groups -OCH3 is 3. The van der Waals surface area contributed by atoms with Crippen LogP contribution in [0.5, 0.6) is 17.2 Å². The molecule has 2 aromatic rings. The number of nitrogens with zero attached hydrogens (tertiary/aromatic N) is 1. The Bertz CT molecular complexity index is 727. The second-order valence-electron chi connectivity index (χ2n) is 5.71. The van der Waals surface area contributed by atoms with Crippen LogP contribution in [0.25, 0.3) is 0 Å². The molecule has 0 aliphatic rings. The van der Waals surface area contributed by atoms with Crippen molar-refractivity contribution < 1.29 is 14.2 Å². The molecule has 3 N–H and O–H groups in total. The molecule has 25 heavy (non-hydrogen) atoms. The molecule has 2 rings (SSSR count). The van der Waals surface area contributed by atoms with Gasteiger partial charge in [0, 0.05) is 17.8 Å². The Hall–Kier alpha value is -2.89. The number of hydrogen-bond acceptors (Lipinski definition) is 4. The summed E-state index contributed by atoms with van der Waals surface area (Å²) < 4.78 is 16.1. The van der Waals surface area contributed by atoms with E-state index in [2.05, 4.69) is 16.4 Å². The van der Waals surface area contributed by atoms with E-state index in [1.807, 2.05) is 26.0 Å². The van der Waals surface area contributed by atoms with Crippen LogP contribution < -0.4 is 25.3 Å². The summed E-state index contributed by atoms with van der Waals surface area (Å²) in [6.07, 6.45) is 0. The molecule has 6 nitrogen and oxygen atoms in total. The van der Waals surface area contributed by atoms with Gasteiger partial charge in [-0.3, -0.25) is 0 Å². The molecule has 6 heteroatoms. The number of anilines is 1. The van der Waals surface area contributed by atoms with E-state index < -0.39 is 0 Å². The molecule has 0 aliphatic heterocycles. The van der Waals surface area contributed by atoms with Crippen molar-refractivity contribution in [3.63, 3.8) is 0 Å². The van der Waals surface area contributed by atoms with Gasteiger partial charge in [0.2, 0.25) is 0 Å². The topological polar surface area (TPSA) is 78.1 Å². The maximum atomic E-state index is 6.03. The first kappa shape index (κ1) is 18.4. The molecular weight excluding hydrogens is 318 g/mol. The number of rotatable bonds is 6. The van der Waals surface area contributed by atoms with Crippen LogP contribution in [0.4, 0.5) is 5.69 Å². The van der Waals surface area contributed by atoms with Crippen LogP contribution in [-0.2, 0) is 6.54 Å². The number of guanidine groups is 1. The monoisotopic (exact) mass is 343 g/mol. The number of hydrogen-bond donors (Lipinski definition) is 2. The van der Waals surface area contributed by atoms with Gasteiger partial charge in [0.15, 0.2) is 5.96 Å². The zero-order valence-electron chi connectivity index (χ0n) is 15.3. The summed E-state index contributed by atoms with van der Waals surface area (Å²) >= 11 is 0. The van der Waals surface area contributed by atoms with Gasteiger partial charge in [-0.2, -0.15) is 0 Å². The zero-order valence-corrected chi connectivity index (χ0v) is 15.3. The van der Waals surface area contributed by atoms with Gasteiger partial charge in [-0.05, 0) is 37.1 Å². The molecule has 0 aromatic heterocycles. The number of benzene rings is 2. The number of aliphatic imine (C=N–C) groups is 1. The zero-order chi connectivity index (χ0) is 18.4. The Balaban J connectivity index is 2.22. The van der Waals surface area contributed by atoms with Crippen molar-refractivity contribution in [1.29, 1.82) is 0 Å². The lowest BCUT2D eigenvalue weighted by atomic mass is 10.1. The third-order valence-electron chi connectivity index (χ3n) is 3.72. The van der Waals surface area contributed by atoms with Gasteiger partial charge in [0.05, 0.1) is 33.4 Å². The lowest BCUT2D eigenvalue weighted by Crippen LogP contribution is -2.22. The molecule has 0 atom stereocenters. The summed E-state index contributed by atoms with van der Waals surface area (Å²) in [6.45, 7) is 4.40. The third kappa shape index (κ3) is 4.79. The van der Waals surface area contributed by atoms with Crippen molar-refractivity contribution in [3.8, 4) is 17.2 Å². The average Bonchev–Trinajstić information content (AvgIpc) is 2.58. The second-order valence-corrected chi connectivity index (χ2v) is 5.71. The van der Waals surface area contributed by atoms with Crippen molar-refractivity contribution >= 4 is 11.6 Å². The van der Waals surface area contributed by atoms with Gasteiger partial charge >= 0.3 is 0 Å². The molecular formula is C19H25N3O3. The summed E-state index contributed by atoms with van der Waals surface area (Å²) in [6, 6.07) is 9.72. The van der Waals surface area contributed by atoms with E-state index in [-0.39, 0.29) is 0 Å². The highest BCUT2D eigenvalue weighted by molar-refractivity contribution is 5.92. The summed E-state index contributed by atoms with van der Waals surface area (Å²) in [4.78, 5) is 4.40. The summed E-state index contributed by atoms with van der Waals surface area (Å²) in [5, 5.41) is 3.11. The van der Waals surface area contributed by atoms with Crippen LogP contribution in [0.3, 0.4) is 0 Å².